The summed E-state index contributed by atoms with van der Waals surface area (Å²) in [5, 5.41) is 0. The number of benzene rings is 4. The molecule has 0 amide bonds. The van der Waals surface area contributed by atoms with Gasteiger partial charge in [-0.25, -0.2) is 4.98 Å². The van der Waals surface area contributed by atoms with E-state index in [1.165, 1.54) is 5.56 Å². The van der Waals surface area contributed by atoms with E-state index in [9.17, 15) is 0 Å². The van der Waals surface area contributed by atoms with Gasteiger partial charge in [-0.2, -0.15) is 30.3 Å². The third kappa shape index (κ3) is 6.06. The standard InChI is InChI=1S/C41H32N5S.Pd/c1-41(2,3)29-18-21-43-40(24-29)46-38-19-20-42-27-37(38)35-15-8-7-14-34(35)36-17-16-33(26-39(36)46)47-32-13-9-12-31(25-32)45-23-22-44(28-45)30-10-5-4-6-11-30;/h4-24,27-28H,1-3H3;/q-3;. The average Bonchev–Trinajstić information content (AvgIpc) is 3.56. The summed E-state index contributed by atoms with van der Waals surface area (Å²) in [6.07, 6.45) is 9.85. The molecule has 7 heteroatoms. The van der Waals surface area contributed by atoms with E-state index in [1.54, 1.807) is 11.8 Å². The van der Waals surface area contributed by atoms with Gasteiger partial charge < -0.3 is 14.7 Å². The van der Waals surface area contributed by atoms with Gasteiger partial charge in [0, 0.05) is 50.3 Å². The molecule has 8 rings (SSSR count). The van der Waals surface area contributed by atoms with Gasteiger partial charge in [0.25, 0.3) is 0 Å². The SMILES string of the molecule is CC(C)(C)c1ccnc(N2c3[c-]c(Sc4[c-]c(N5C=CN(c6ccccc6)[CH-]5)ccc4)ccc3-c3ccccc3-c3cnccc32)c1.[Pd]. The quantitative estimate of drug-likeness (QED) is 0.130. The van der Waals surface area contributed by atoms with Gasteiger partial charge in [0.1, 0.15) is 5.82 Å². The van der Waals surface area contributed by atoms with Crippen LogP contribution in [0.4, 0.5) is 28.6 Å². The van der Waals surface area contributed by atoms with Crippen molar-refractivity contribution >= 4 is 40.3 Å². The molecular weight excluding hydrogens is 701 g/mol. The summed E-state index contributed by atoms with van der Waals surface area (Å²) in [5.74, 6) is 0.852. The minimum absolute atomic E-state index is 0. The van der Waals surface area contributed by atoms with Crippen molar-refractivity contribution in [1.82, 2.24) is 9.97 Å². The van der Waals surface area contributed by atoms with Crippen molar-refractivity contribution < 1.29 is 20.4 Å². The summed E-state index contributed by atoms with van der Waals surface area (Å²) in [5.41, 5.74) is 9.70. The fourth-order valence-electron chi connectivity index (χ4n) is 6.04. The molecule has 0 atom stereocenters. The largest absolute Gasteiger partial charge is 0.500 e. The van der Waals surface area contributed by atoms with Crippen molar-refractivity contribution in [3.8, 4) is 22.3 Å². The van der Waals surface area contributed by atoms with E-state index in [-0.39, 0.29) is 25.8 Å². The molecule has 0 radical (unpaired) electrons. The van der Waals surface area contributed by atoms with Gasteiger partial charge in [-0.3, -0.25) is 4.98 Å². The Labute approximate surface area is 300 Å². The van der Waals surface area contributed by atoms with Gasteiger partial charge in [-0.15, -0.1) is 51.6 Å². The molecule has 5 nitrogen and oxygen atoms in total. The van der Waals surface area contributed by atoms with Crippen LogP contribution in [-0.2, 0) is 25.8 Å². The molecule has 0 saturated heterocycles. The van der Waals surface area contributed by atoms with Gasteiger partial charge >= 0.3 is 0 Å². The van der Waals surface area contributed by atoms with Crippen molar-refractivity contribution in [2.45, 2.75) is 36.0 Å². The smallest absolute Gasteiger partial charge is 0.135 e. The van der Waals surface area contributed by atoms with Crippen LogP contribution in [0.2, 0.25) is 0 Å². The van der Waals surface area contributed by atoms with E-state index in [1.807, 2.05) is 36.8 Å². The Morgan fingerprint density at radius 2 is 1.44 bits per heavy atom. The number of nitrogens with zero attached hydrogens (tertiary/aromatic N) is 5. The zero-order valence-electron chi connectivity index (χ0n) is 26.7. The molecule has 48 heavy (non-hydrogen) atoms. The molecule has 0 spiro atoms. The van der Waals surface area contributed by atoms with Gasteiger partial charge in [0.2, 0.25) is 0 Å². The van der Waals surface area contributed by atoms with Crippen molar-refractivity contribution in [3.05, 3.63) is 158 Å². The number of aromatic nitrogens is 2. The Kier molecular flexibility index (Phi) is 8.70. The molecule has 4 heterocycles. The second-order valence-electron chi connectivity index (χ2n) is 12.6. The van der Waals surface area contributed by atoms with Crippen molar-refractivity contribution in [3.63, 3.8) is 0 Å². The maximum Gasteiger partial charge on any atom is 0.135 e. The van der Waals surface area contributed by atoms with Crippen LogP contribution < -0.4 is 14.7 Å². The summed E-state index contributed by atoms with van der Waals surface area (Å²) in [7, 11) is 0. The van der Waals surface area contributed by atoms with Crippen LogP contribution in [0.3, 0.4) is 0 Å². The van der Waals surface area contributed by atoms with E-state index in [0.717, 1.165) is 60.6 Å². The summed E-state index contributed by atoms with van der Waals surface area (Å²) in [6.45, 7) is 8.77. The number of hydrogen-bond acceptors (Lipinski definition) is 6. The third-order valence-electron chi connectivity index (χ3n) is 8.45. The Balaban J connectivity index is 0.00000364. The molecule has 240 valence electrons. The van der Waals surface area contributed by atoms with E-state index in [2.05, 4.69) is 157 Å². The molecule has 0 N–H and O–H groups in total. The Bertz CT molecular complexity index is 2120. The molecular formula is C41H32N5PdS-3. The fourth-order valence-corrected chi connectivity index (χ4v) is 6.86. The Morgan fingerprint density at radius 1 is 0.688 bits per heavy atom. The van der Waals surface area contributed by atoms with Crippen molar-refractivity contribution in [2.75, 3.05) is 14.7 Å². The van der Waals surface area contributed by atoms with Gasteiger partial charge in [-0.05, 0) is 59.3 Å². The normalized spacial score (nSPS) is 13.4. The first-order chi connectivity index (χ1) is 22.9. The minimum Gasteiger partial charge on any atom is -0.500 e. The van der Waals surface area contributed by atoms with Crippen LogP contribution in [0.5, 0.6) is 0 Å². The maximum atomic E-state index is 4.93. The molecule has 2 aliphatic heterocycles. The summed E-state index contributed by atoms with van der Waals surface area (Å²) in [6, 6.07) is 43.3. The predicted molar refractivity (Wildman–Crippen MR) is 193 cm³/mol. The predicted octanol–water partition coefficient (Wildman–Crippen LogP) is 10.6. The molecule has 4 aromatic carbocycles. The second-order valence-corrected chi connectivity index (χ2v) is 13.7. The molecule has 0 fully saturated rings. The van der Waals surface area contributed by atoms with E-state index < -0.39 is 0 Å². The molecule has 0 bridgehead atoms. The number of anilines is 5. The number of hydrogen-bond donors (Lipinski definition) is 0. The first-order valence-corrected chi connectivity index (χ1v) is 16.5. The average molecular weight is 733 g/mol. The molecule has 0 saturated carbocycles. The maximum absolute atomic E-state index is 4.93. The second kappa shape index (κ2) is 13.1. The summed E-state index contributed by atoms with van der Waals surface area (Å²) >= 11 is 1.66. The monoisotopic (exact) mass is 732 g/mol. The summed E-state index contributed by atoms with van der Waals surface area (Å²) < 4.78 is 0. The van der Waals surface area contributed by atoms with Gasteiger partial charge in [0.05, 0.1) is 5.69 Å². The molecule has 6 aromatic rings. The van der Waals surface area contributed by atoms with Crippen LogP contribution in [0.1, 0.15) is 26.3 Å². The van der Waals surface area contributed by atoms with Crippen LogP contribution in [0.25, 0.3) is 22.3 Å². The van der Waals surface area contributed by atoms with Crippen LogP contribution in [0.15, 0.2) is 144 Å². The minimum atomic E-state index is -0.0290. The molecule has 2 aliphatic rings. The topological polar surface area (TPSA) is 35.5 Å². The van der Waals surface area contributed by atoms with Crippen LogP contribution in [-0.4, -0.2) is 9.97 Å². The number of rotatable bonds is 5. The zero-order valence-corrected chi connectivity index (χ0v) is 29.1. The van der Waals surface area contributed by atoms with E-state index >= 15 is 0 Å². The number of pyridine rings is 2. The van der Waals surface area contributed by atoms with E-state index in [0.29, 0.717) is 0 Å². The summed E-state index contributed by atoms with van der Waals surface area (Å²) in [4.78, 5) is 17.9. The Morgan fingerprint density at radius 3 is 2.25 bits per heavy atom. The van der Waals surface area contributed by atoms with Crippen molar-refractivity contribution in [1.29, 1.82) is 0 Å². The van der Waals surface area contributed by atoms with Crippen LogP contribution >= 0.6 is 11.8 Å². The number of para-hydroxylation sites is 1. The number of fused-ring (bicyclic) bond motifs is 5. The van der Waals surface area contributed by atoms with Gasteiger partial charge in [0.15, 0.2) is 0 Å². The third-order valence-corrected chi connectivity index (χ3v) is 9.37. The first-order valence-electron chi connectivity index (χ1n) is 15.6. The molecule has 0 aliphatic carbocycles. The molecule has 2 aromatic heterocycles. The van der Waals surface area contributed by atoms with Gasteiger partial charge in [-0.1, -0.05) is 74.5 Å². The zero-order chi connectivity index (χ0) is 32.0. The van der Waals surface area contributed by atoms with E-state index in [4.69, 9.17) is 4.98 Å². The molecule has 0 unspecified atom stereocenters. The van der Waals surface area contributed by atoms with Crippen LogP contribution in [0, 0.1) is 18.8 Å². The first kappa shape index (κ1) is 31.9. The Hall–Kier alpha value is -4.67. The fraction of sp³-hybridized carbons (Fsp3) is 0.0976. The van der Waals surface area contributed by atoms with Crippen molar-refractivity contribution in [2.24, 2.45) is 0 Å².